The molecule has 3 aliphatic carbocycles. The number of Topliss-reactive ketones (excluding diaryl/α,β-unsaturated/α-hetero) is 4. The quantitative estimate of drug-likeness (QED) is 0.420. The van der Waals surface area contributed by atoms with Crippen LogP contribution in [0.3, 0.4) is 0 Å². The van der Waals surface area contributed by atoms with Crippen molar-refractivity contribution in [2.24, 2.45) is 29.4 Å². The van der Waals surface area contributed by atoms with Crippen LogP contribution in [0.1, 0.15) is 47.2 Å². The predicted octanol–water partition coefficient (Wildman–Crippen LogP) is -0.0811. The molecule has 0 spiro atoms. The first-order valence-electron chi connectivity index (χ1n) is 13.9. The number of piperidine rings is 1. The molecule has 0 bridgehead atoms. The third kappa shape index (κ3) is 4.09. The highest BCUT2D eigenvalue weighted by molar-refractivity contribution is 6.32. The Bertz CT molecular complexity index is 1300. The van der Waals surface area contributed by atoms with Crippen molar-refractivity contribution in [2.75, 3.05) is 46.2 Å². The molecule has 1 saturated heterocycles. The molecule has 0 aromatic heterocycles. The van der Waals surface area contributed by atoms with E-state index >= 15 is 0 Å². The number of nitrogens with zero attached hydrogens (tertiary/aromatic N) is 3. The van der Waals surface area contributed by atoms with Crippen LogP contribution < -0.4 is 10.6 Å². The highest BCUT2D eigenvalue weighted by Gasteiger charge is 2.69. The Morgan fingerprint density at radius 2 is 1.73 bits per heavy atom. The zero-order valence-electron chi connectivity index (χ0n) is 23.5. The van der Waals surface area contributed by atoms with Crippen LogP contribution in [0.2, 0.25) is 0 Å². The van der Waals surface area contributed by atoms with Crippen LogP contribution in [0, 0.1) is 23.7 Å². The van der Waals surface area contributed by atoms with E-state index in [9.17, 15) is 34.2 Å². The van der Waals surface area contributed by atoms with Gasteiger partial charge < -0.3 is 20.8 Å². The van der Waals surface area contributed by atoms with Gasteiger partial charge in [-0.05, 0) is 70.4 Å². The molecule has 1 aliphatic heterocycles. The molecule has 3 unspecified atom stereocenters. The minimum Gasteiger partial charge on any atom is -0.507 e. The van der Waals surface area contributed by atoms with Crippen LogP contribution in [-0.2, 0) is 32.1 Å². The number of hydrogen-bond acceptors (Lipinski definition) is 10. The van der Waals surface area contributed by atoms with E-state index in [1.165, 1.54) is 4.90 Å². The standard InChI is InChI=1S/C29H38N4O7/c1-31(2)18-12-15(13-33-8-6-5-7-9-33)23(34)20-16(18)10-14-11-17-22(32(3)4)25(36)21(28(30)39)27(38)29(17,40)26(37)19(14)24(20)35/h12,14,17,19,21-22,34,40H,5-11,13H2,1-4H3,(H2,30,39)/t14-,17-,19?,21?,22?,29-/m0/s1. The van der Waals surface area contributed by atoms with Crippen LogP contribution in [-0.4, -0.2) is 102 Å². The van der Waals surface area contributed by atoms with Crippen molar-refractivity contribution in [3.8, 4) is 5.75 Å². The van der Waals surface area contributed by atoms with E-state index in [-0.39, 0.29) is 24.2 Å². The lowest BCUT2D eigenvalue weighted by molar-refractivity contribution is -0.181. The lowest BCUT2D eigenvalue weighted by atomic mass is 9.52. The first-order valence-corrected chi connectivity index (χ1v) is 13.9. The van der Waals surface area contributed by atoms with Crippen LogP contribution >= 0.6 is 0 Å². The molecule has 4 aliphatic rings. The average Bonchev–Trinajstić information content (AvgIpc) is 2.87. The Kier molecular flexibility index (Phi) is 7.12. The Morgan fingerprint density at radius 1 is 1.07 bits per heavy atom. The monoisotopic (exact) mass is 554 g/mol. The molecule has 216 valence electrons. The van der Waals surface area contributed by atoms with Gasteiger partial charge in [0.05, 0.1) is 17.5 Å². The highest BCUT2D eigenvalue weighted by Crippen LogP contribution is 2.52. The summed E-state index contributed by atoms with van der Waals surface area (Å²) in [6.45, 7) is 2.22. The van der Waals surface area contributed by atoms with Crippen molar-refractivity contribution in [1.82, 2.24) is 9.80 Å². The topological polar surface area (TPSA) is 162 Å². The maximum atomic E-state index is 14.1. The third-order valence-electron chi connectivity index (χ3n) is 9.44. The number of anilines is 1. The molecular formula is C29H38N4O7. The van der Waals surface area contributed by atoms with E-state index < -0.39 is 64.4 Å². The minimum absolute atomic E-state index is 0.0348. The zero-order valence-corrected chi connectivity index (χ0v) is 23.5. The normalized spacial score (nSPS) is 32.5. The lowest BCUT2D eigenvalue weighted by Gasteiger charge is -2.52. The van der Waals surface area contributed by atoms with Gasteiger partial charge in [-0.3, -0.25) is 33.8 Å². The van der Waals surface area contributed by atoms with Crippen LogP contribution in [0.25, 0.3) is 0 Å². The Labute approximate surface area is 233 Å². The number of amides is 1. The molecular weight excluding hydrogens is 516 g/mol. The van der Waals surface area contributed by atoms with E-state index in [4.69, 9.17) is 5.73 Å². The Morgan fingerprint density at radius 3 is 2.30 bits per heavy atom. The number of benzene rings is 1. The molecule has 11 nitrogen and oxygen atoms in total. The summed E-state index contributed by atoms with van der Waals surface area (Å²) < 4.78 is 0. The first-order chi connectivity index (χ1) is 18.8. The fourth-order valence-corrected chi connectivity index (χ4v) is 7.58. The van der Waals surface area contributed by atoms with Crippen molar-refractivity contribution < 1.29 is 34.2 Å². The van der Waals surface area contributed by atoms with E-state index in [0.29, 0.717) is 17.7 Å². The van der Waals surface area contributed by atoms with Gasteiger partial charge in [-0.2, -0.15) is 0 Å². The summed E-state index contributed by atoms with van der Waals surface area (Å²) in [7, 11) is 6.84. The van der Waals surface area contributed by atoms with Gasteiger partial charge in [0.2, 0.25) is 5.91 Å². The van der Waals surface area contributed by atoms with E-state index in [1.54, 1.807) is 14.1 Å². The van der Waals surface area contributed by atoms with Gasteiger partial charge in [-0.15, -0.1) is 0 Å². The molecule has 1 amide bonds. The second kappa shape index (κ2) is 10.0. The van der Waals surface area contributed by atoms with Gasteiger partial charge >= 0.3 is 0 Å². The summed E-state index contributed by atoms with van der Waals surface area (Å²) in [4.78, 5) is 72.6. The summed E-state index contributed by atoms with van der Waals surface area (Å²) in [5, 5.41) is 23.2. The smallest absolute Gasteiger partial charge is 0.235 e. The average molecular weight is 555 g/mol. The number of phenolic OH excluding ortho intramolecular Hbond substituents is 1. The molecule has 40 heavy (non-hydrogen) atoms. The molecule has 6 atom stereocenters. The minimum atomic E-state index is -2.72. The van der Waals surface area contributed by atoms with Gasteiger partial charge in [0.25, 0.3) is 0 Å². The largest absolute Gasteiger partial charge is 0.507 e. The molecule has 11 heteroatoms. The van der Waals surface area contributed by atoms with Crippen LogP contribution in [0.15, 0.2) is 6.07 Å². The SMILES string of the molecule is CN(C)c1cc(CN2CCCCC2)c(O)c2c1C[C@H]1C[C@H]3C(N(C)C)C(=O)C(C(N)=O)C(=O)[C@@]3(O)C(=O)C1C2=O. The second-order valence-electron chi connectivity index (χ2n) is 12.3. The number of nitrogens with two attached hydrogens (primary N) is 1. The maximum Gasteiger partial charge on any atom is 0.235 e. The number of primary amides is 1. The number of aromatic hydroxyl groups is 1. The number of carbonyl (C=O) groups is 5. The van der Waals surface area contributed by atoms with E-state index in [2.05, 4.69) is 4.90 Å². The predicted molar refractivity (Wildman–Crippen MR) is 145 cm³/mol. The number of ketones is 4. The van der Waals surface area contributed by atoms with Crippen molar-refractivity contribution in [3.05, 3.63) is 22.8 Å². The molecule has 1 heterocycles. The molecule has 0 radical (unpaired) electrons. The van der Waals surface area contributed by atoms with Gasteiger partial charge in [-0.25, -0.2) is 0 Å². The molecule has 4 N–H and O–H groups in total. The number of carbonyl (C=O) groups excluding carboxylic acids is 5. The van der Waals surface area contributed by atoms with Crippen molar-refractivity contribution >= 4 is 34.7 Å². The molecule has 5 rings (SSSR count). The number of aliphatic hydroxyl groups is 1. The van der Waals surface area contributed by atoms with E-state index in [0.717, 1.165) is 38.0 Å². The van der Waals surface area contributed by atoms with E-state index in [1.807, 2.05) is 25.1 Å². The number of fused-ring (bicyclic) bond motifs is 3. The van der Waals surface area contributed by atoms with Crippen molar-refractivity contribution in [1.29, 1.82) is 0 Å². The third-order valence-corrected chi connectivity index (χ3v) is 9.44. The van der Waals surface area contributed by atoms with Crippen LogP contribution in [0.4, 0.5) is 5.69 Å². The summed E-state index contributed by atoms with van der Waals surface area (Å²) in [5.74, 6) is -10.2. The molecule has 1 aromatic carbocycles. The summed E-state index contributed by atoms with van der Waals surface area (Å²) >= 11 is 0. The molecule has 1 aromatic rings. The van der Waals surface area contributed by atoms with Crippen molar-refractivity contribution in [2.45, 2.75) is 50.3 Å². The van der Waals surface area contributed by atoms with Gasteiger partial charge in [-0.1, -0.05) is 6.42 Å². The summed E-state index contributed by atoms with van der Waals surface area (Å²) in [6, 6.07) is 0.778. The number of rotatable bonds is 5. The lowest BCUT2D eigenvalue weighted by Crippen LogP contribution is -2.74. The summed E-state index contributed by atoms with van der Waals surface area (Å²) in [5.41, 5.74) is 4.66. The number of hydrogen-bond donors (Lipinski definition) is 3. The highest BCUT2D eigenvalue weighted by atomic mass is 16.3. The van der Waals surface area contributed by atoms with Gasteiger partial charge in [0.15, 0.2) is 34.7 Å². The van der Waals surface area contributed by atoms with Gasteiger partial charge in [0, 0.05) is 37.8 Å². The number of phenols is 1. The fourth-order valence-electron chi connectivity index (χ4n) is 7.58. The maximum absolute atomic E-state index is 14.1. The fraction of sp³-hybridized carbons (Fsp3) is 0.621. The first kappa shape index (κ1) is 28.4. The Balaban J connectivity index is 1.61. The molecule has 2 saturated carbocycles. The number of likely N-dealkylation sites (tertiary alicyclic amines) is 1. The Hall–Kier alpha value is -3.15. The molecule has 3 fully saturated rings. The zero-order chi connectivity index (χ0) is 29.3. The van der Waals surface area contributed by atoms with Crippen LogP contribution in [0.5, 0.6) is 5.75 Å². The van der Waals surface area contributed by atoms with Crippen molar-refractivity contribution in [3.63, 3.8) is 0 Å². The summed E-state index contributed by atoms with van der Waals surface area (Å²) in [6.07, 6.45) is 3.54. The number of likely N-dealkylation sites (N-methyl/N-ethyl adjacent to an activating group) is 1. The second-order valence-corrected chi connectivity index (χ2v) is 12.3. The van der Waals surface area contributed by atoms with Gasteiger partial charge in [0.1, 0.15) is 5.75 Å².